The first kappa shape index (κ1) is 13.0. The van der Waals surface area contributed by atoms with Crippen molar-refractivity contribution in [2.75, 3.05) is 5.32 Å². The number of hydrogen-bond donors (Lipinski definition) is 2. The zero-order valence-corrected chi connectivity index (χ0v) is 11.2. The summed E-state index contributed by atoms with van der Waals surface area (Å²) in [5.41, 5.74) is 1.80. The summed E-state index contributed by atoms with van der Waals surface area (Å²) in [7, 11) is 0. The minimum Gasteiger partial charge on any atom is -0.505 e. The molecule has 0 fully saturated rings. The lowest BCUT2D eigenvalue weighted by molar-refractivity contribution is 0.476. The fourth-order valence-corrected chi connectivity index (χ4v) is 2.10. The lowest BCUT2D eigenvalue weighted by Crippen LogP contribution is -2.06. The number of nitrogens with one attached hydrogen (secondary N) is 1. The second-order valence-electron chi connectivity index (χ2n) is 3.94. The van der Waals surface area contributed by atoms with Crippen LogP contribution < -0.4 is 5.32 Å². The van der Waals surface area contributed by atoms with Crippen molar-refractivity contribution >= 4 is 28.9 Å². The van der Waals surface area contributed by atoms with Crippen molar-refractivity contribution in [3.05, 3.63) is 52.3 Å². The quantitative estimate of drug-likeness (QED) is 0.827. The molecule has 1 aromatic heterocycles. The number of phenols is 1. The van der Waals surface area contributed by atoms with E-state index in [-0.39, 0.29) is 21.8 Å². The third-order valence-corrected chi connectivity index (χ3v) is 3.16. The molecule has 0 aliphatic carbocycles. The van der Waals surface area contributed by atoms with Gasteiger partial charge in [-0.05, 0) is 30.7 Å². The maximum atomic E-state index is 9.48. The number of halogens is 2. The van der Waals surface area contributed by atoms with Gasteiger partial charge in [-0.15, -0.1) is 0 Å². The zero-order valence-electron chi connectivity index (χ0n) is 9.69. The Labute approximate surface area is 115 Å². The summed E-state index contributed by atoms with van der Waals surface area (Å²) in [5, 5.41) is 13.2. The molecule has 0 spiro atoms. The molecule has 0 saturated heterocycles. The van der Waals surface area contributed by atoms with E-state index < -0.39 is 0 Å². The van der Waals surface area contributed by atoms with Gasteiger partial charge in [-0.1, -0.05) is 29.3 Å². The number of nitrogens with zero attached hydrogens (tertiary/aromatic N) is 1. The zero-order chi connectivity index (χ0) is 13.1. The molecule has 1 atom stereocenters. The van der Waals surface area contributed by atoms with Gasteiger partial charge in [-0.2, -0.15) is 0 Å². The van der Waals surface area contributed by atoms with Gasteiger partial charge in [0.1, 0.15) is 0 Å². The average molecular weight is 283 g/mol. The summed E-state index contributed by atoms with van der Waals surface area (Å²) in [6.07, 6.45) is 3.52. The van der Waals surface area contributed by atoms with Crippen molar-refractivity contribution < 1.29 is 5.11 Å². The molecule has 94 valence electrons. The van der Waals surface area contributed by atoms with Crippen molar-refractivity contribution in [1.29, 1.82) is 0 Å². The topological polar surface area (TPSA) is 45.1 Å². The van der Waals surface area contributed by atoms with Gasteiger partial charge in [0.15, 0.2) is 5.75 Å². The molecule has 1 unspecified atom stereocenters. The molecule has 2 aromatic rings. The highest BCUT2D eigenvalue weighted by Gasteiger charge is 2.09. The Morgan fingerprint density at radius 2 is 1.94 bits per heavy atom. The first-order valence-electron chi connectivity index (χ1n) is 5.42. The number of pyridine rings is 1. The minimum absolute atomic E-state index is 0.0652. The summed E-state index contributed by atoms with van der Waals surface area (Å²) < 4.78 is 0. The molecular formula is C13H12Cl2N2O. The highest BCUT2D eigenvalue weighted by atomic mass is 35.5. The monoisotopic (exact) mass is 282 g/mol. The van der Waals surface area contributed by atoms with E-state index in [0.717, 1.165) is 11.3 Å². The van der Waals surface area contributed by atoms with Crippen LogP contribution in [0.5, 0.6) is 5.75 Å². The fourth-order valence-electron chi connectivity index (χ4n) is 1.61. The van der Waals surface area contributed by atoms with Gasteiger partial charge in [0.05, 0.1) is 16.1 Å². The summed E-state index contributed by atoms with van der Waals surface area (Å²) in [4.78, 5) is 4.06. The van der Waals surface area contributed by atoms with E-state index in [1.165, 1.54) is 0 Å². The summed E-state index contributed by atoms with van der Waals surface area (Å²) >= 11 is 11.7. The van der Waals surface area contributed by atoms with Crippen LogP contribution in [-0.4, -0.2) is 10.1 Å². The summed E-state index contributed by atoms with van der Waals surface area (Å²) in [6, 6.07) is 7.19. The average Bonchev–Trinajstić information content (AvgIpc) is 2.37. The number of anilines is 1. The first-order chi connectivity index (χ1) is 8.58. The van der Waals surface area contributed by atoms with Crippen LogP contribution in [0.4, 0.5) is 5.69 Å². The Hall–Kier alpha value is -1.45. The highest BCUT2D eigenvalue weighted by Crippen LogP contribution is 2.35. The number of phenolic OH excluding ortho intramolecular Hbond substituents is 1. The normalized spacial score (nSPS) is 12.2. The van der Waals surface area contributed by atoms with Crippen molar-refractivity contribution in [3.63, 3.8) is 0 Å². The summed E-state index contributed by atoms with van der Waals surface area (Å²) in [5.74, 6) is -0.0992. The third kappa shape index (κ3) is 2.86. The lowest BCUT2D eigenvalue weighted by Gasteiger charge is -2.16. The van der Waals surface area contributed by atoms with Gasteiger partial charge in [-0.3, -0.25) is 4.98 Å². The molecule has 2 N–H and O–H groups in total. The standard InChI is InChI=1S/C13H12Cl2N2O/c1-8(9-3-2-4-16-7-9)17-10-5-11(14)13(18)12(15)6-10/h2-8,17-18H,1H3. The number of aromatic nitrogens is 1. The Bertz CT molecular complexity index is 523. The van der Waals surface area contributed by atoms with Crippen LogP contribution in [0.15, 0.2) is 36.7 Å². The van der Waals surface area contributed by atoms with Crippen LogP contribution >= 0.6 is 23.2 Å². The van der Waals surface area contributed by atoms with Gasteiger partial charge in [-0.25, -0.2) is 0 Å². The molecule has 0 radical (unpaired) electrons. The predicted octanol–water partition coefficient (Wildman–Crippen LogP) is 4.27. The van der Waals surface area contributed by atoms with Crippen LogP contribution in [0.3, 0.4) is 0 Å². The van der Waals surface area contributed by atoms with E-state index >= 15 is 0 Å². The Morgan fingerprint density at radius 3 is 2.50 bits per heavy atom. The number of aromatic hydroxyl groups is 1. The van der Waals surface area contributed by atoms with Gasteiger partial charge >= 0.3 is 0 Å². The van der Waals surface area contributed by atoms with E-state index in [0.29, 0.717) is 0 Å². The van der Waals surface area contributed by atoms with E-state index in [1.807, 2.05) is 19.1 Å². The second-order valence-corrected chi connectivity index (χ2v) is 4.76. The summed E-state index contributed by atoms with van der Waals surface area (Å²) in [6.45, 7) is 2.01. The Kier molecular flexibility index (Phi) is 3.94. The second kappa shape index (κ2) is 5.46. The number of hydrogen-bond acceptors (Lipinski definition) is 3. The van der Waals surface area contributed by atoms with Crippen molar-refractivity contribution in [1.82, 2.24) is 4.98 Å². The van der Waals surface area contributed by atoms with E-state index in [9.17, 15) is 5.11 Å². The molecule has 0 amide bonds. The maximum Gasteiger partial charge on any atom is 0.152 e. The highest BCUT2D eigenvalue weighted by molar-refractivity contribution is 6.37. The van der Waals surface area contributed by atoms with Crippen LogP contribution in [0.2, 0.25) is 10.0 Å². The largest absolute Gasteiger partial charge is 0.505 e. The molecule has 1 aromatic carbocycles. The van der Waals surface area contributed by atoms with Crippen molar-refractivity contribution in [2.24, 2.45) is 0 Å². The van der Waals surface area contributed by atoms with Crippen LogP contribution in [-0.2, 0) is 0 Å². The van der Waals surface area contributed by atoms with E-state index in [1.54, 1.807) is 24.5 Å². The lowest BCUT2D eigenvalue weighted by atomic mass is 10.1. The SMILES string of the molecule is CC(Nc1cc(Cl)c(O)c(Cl)c1)c1cccnc1. The maximum absolute atomic E-state index is 9.48. The number of benzene rings is 1. The van der Waals surface area contributed by atoms with Crippen molar-refractivity contribution in [3.8, 4) is 5.75 Å². The van der Waals surface area contributed by atoms with Gasteiger partial charge in [0.25, 0.3) is 0 Å². The molecule has 0 bridgehead atoms. The molecule has 0 aliphatic heterocycles. The molecule has 3 nitrogen and oxygen atoms in total. The molecule has 5 heteroatoms. The van der Waals surface area contributed by atoms with Gasteiger partial charge < -0.3 is 10.4 Å². The van der Waals surface area contributed by atoms with Gasteiger partial charge in [0, 0.05) is 18.1 Å². The van der Waals surface area contributed by atoms with E-state index in [2.05, 4.69) is 10.3 Å². The van der Waals surface area contributed by atoms with Crippen LogP contribution in [0.1, 0.15) is 18.5 Å². The van der Waals surface area contributed by atoms with Crippen molar-refractivity contribution in [2.45, 2.75) is 13.0 Å². The smallest absolute Gasteiger partial charge is 0.152 e. The predicted molar refractivity (Wildman–Crippen MR) is 74.4 cm³/mol. The number of rotatable bonds is 3. The van der Waals surface area contributed by atoms with Gasteiger partial charge in [0.2, 0.25) is 0 Å². The minimum atomic E-state index is -0.0992. The molecule has 0 aliphatic rings. The molecule has 18 heavy (non-hydrogen) atoms. The van der Waals surface area contributed by atoms with Crippen LogP contribution in [0, 0.1) is 0 Å². The molecule has 1 heterocycles. The molecule has 2 rings (SSSR count). The Morgan fingerprint density at radius 1 is 1.28 bits per heavy atom. The third-order valence-electron chi connectivity index (χ3n) is 2.58. The first-order valence-corrected chi connectivity index (χ1v) is 6.18. The Balaban J connectivity index is 2.20. The van der Waals surface area contributed by atoms with E-state index in [4.69, 9.17) is 23.2 Å². The van der Waals surface area contributed by atoms with Crippen LogP contribution in [0.25, 0.3) is 0 Å². The molecule has 0 saturated carbocycles. The fraction of sp³-hybridized carbons (Fsp3) is 0.154. The molecular weight excluding hydrogens is 271 g/mol.